The van der Waals surface area contributed by atoms with Crippen LogP contribution in [0.1, 0.15) is 31.2 Å². The molecule has 0 atom stereocenters. The Morgan fingerprint density at radius 1 is 1.42 bits per heavy atom. The molecule has 0 saturated heterocycles. The molecule has 3 nitrogen and oxygen atoms in total. The third kappa shape index (κ3) is 4.32. The van der Waals surface area contributed by atoms with Crippen molar-refractivity contribution in [1.82, 2.24) is 5.32 Å². The zero-order valence-electron chi connectivity index (χ0n) is 11.2. The Bertz CT molecular complexity index is 442. The zero-order chi connectivity index (χ0) is 13.7. The monoisotopic (exact) mass is 325 g/mol. The number of carbonyl (C=O) groups excluding carboxylic acids is 1. The number of methoxy groups -OCH3 is 1. The maximum Gasteiger partial charge on any atom is 0.151 e. The zero-order valence-corrected chi connectivity index (χ0v) is 12.8. The Balaban J connectivity index is 1.88. The molecule has 0 unspecified atom stereocenters. The Morgan fingerprint density at radius 2 is 2.16 bits per heavy atom. The van der Waals surface area contributed by atoms with Crippen LogP contribution in [0.3, 0.4) is 0 Å². The second-order valence-corrected chi connectivity index (χ2v) is 5.95. The second kappa shape index (κ2) is 7.06. The van der Waals surface area contributed by atoms with Crippen LogP contribution in [-0.2, 0) is 11.2 Å². The molecule has 1 aliphatic carbocycles. The van der Waals surface area contributed by atoms with Crippen molar-refractivity contribution in [2.24, 2.45) is 0 Å². The number of nitrogens with one attached hydrogen (secondary N) is 1. The molecule has 1 N–H and O–H groups in total. The highest BCUT2D eigenvalue weighted by atomic mass is 79.9. The lowest BCUT2D eigenvalue weighted by molar-refractivity contribution is -0.117. The van der Waals surface area contributed by atoms with Crippen LogP contribution in [-0.4, -0.2) is 25.5 Å². The summed E-state index contributed by atoms with van der Waals surface area (Å²) >= 11 is 3.43. The topological polar surface area (TPSA) is 38.3 Å². The molecule has 19 heavy (non-hydrogen) atoms. The number of hydrogen-bond donors (Lipinski definition) is 1. The van der Waals surface area contributed by atoms with Crippen LogP contribution in [0.25, 0.3) is 0 Å². The highest BCUT2D eigenvalue weighted by Crippen LogP contribution is 2.23. The first kappa shape index (κ1) is 14.5. The van der Waals surface area contributed by atoms with Crippen LogP contribution in [0, 0.1) is 0 Å². The molecule has 0 amide bonds. The molecule has 0 heterocycles. The van der Waals surface area contributed by atoms with Gasteiger partial charge in [-0.15, -0.1) is 0 Å². The number of ketones is 1. The van der Waals surface area contributed by atoms with E-state index in [0.717, 1.165) is 15.8 Å². The van der Waals surface area contributed by atoms with Crippen LogP contribution >= 0.6 is 15.9 Å². The molecule has 0 bridgehead atoms. The number of benzene rings is 1. The van der Waals surface area contributed by atoms with Crippen molar-refractivity contribution < 1.29 is 9.53 Å². The van der Waals surface area contributed by atoms with E-state index in [4.69, 9.17) is 4.74 Å². The predicted octanol–water partition coefficient (Wildman–Crippen LogP) is 3.10. The number of halogens is 1. The van der Waals surface area contributed by atoms with Crippen molar-refractivity contribution in [1.29, 1.82) is 0 Å². The van der Waals surface area contributed by atoms with E-state index in [2.05, 4.69) is 21.2 Å². The molecule has 0 aliphatic heterocycles. The SMILES string of the molecule is COc1ccc(Br)cc1CC(=O)CNC1CCCC1. The van der Waals surface area contributed by atoms with Gasteiger partial charge in [0.05, 0.1) is 13.7 Å². The molecular weight excluding hydrogens is 306 g/mol. The molecule has 2 rings (SSSR count). The first-order valence-corrected chi connectivity index (χ1v) is 7.56. The molecule has 0 aromatic heterocycles. The number of Topliss-reactive ketones (excluding diaryl/α,β-unsaturated/α-hetero) is 1. The molecule has 104 valence electrons. The van der Waals surface area contributed by atoms with E-state index in [1.807, 2.05) is 18.2 Å². The summed E-state index contributed by atoms with van der Waals surface area (Å²) in [5.74, 6) is 0.987. The first-order valence-electron chi connectivity index (χ1n) is 6.76. The number of hydrogen-bond acceptors (Lipinski definition) is 3. The van der Waals surface area contributed by atoms with Crippen LogP contribution in [0.2, 0.25) is 0 Å². The lowest BCUT2D eigenvalue weighted by Crippen LogP contribution is -2.32. The summed E-state index contributed by atoms with van der Waals surface area (Å²) in [6.07, 6.45) is 5.39. The molecule has 0 spiro atoms. The van der Waals surface area contributed by atoms with Gasteiger partial charge in [0.1, 0.15) is 5.75 Å². The maximum atomic E-state index is 12.0. The van der Waals surface area contributed by atoms with Gasteiger partial charge in [-0.05, 0) is 31.0 Å². The number of rotatable bonds is 6. The van der Waals surface area contributed by atoms with Gasteiger partial charge in [0.25, 0.3) is 0 Å². The lowest BCUT2D eigenvalue weighted by Gasteiger charge is -2.12. The normalized spacial score (nSPS) is 15.7. The van der Waals surface area contributed by atoms with Crippen molar-refractivity contribution in [2.75, 3.05) is 13.7 Å². The minimum Gasteiger partial charge on any atom is -0.496 e. The first-order chi connectivity index (χ1) is 9.19. The third-order valence-electron chi connectivity index (χ3n) is 3.57. The van der Waals surface area contributed by atoms with Gasteiger partial charge < -0.3 is 10.1 Å². The predicted molar refractivity (Wildman–Crippen MR) is 79.7 cm³/mol. The van der Waals surface area contributed by atoms with Gasteiger partial charge in [0.15, 0.2) is 5.78 Å². The largest absolute Gasteiger partial charge is 0.496 e. The van der Waals surface area contributed by atoms with E-state index >= 15 is 0 Å². The van der Waals surface area contributed by atoms with Gasteiger partial charge in [0.2, 0.25) is 0 Å². The van der Waals surface area contributed by atoms with E-state index in [-0.39, 0.29) is 5.78 Å². The molecule has 1 aliphatic rings. The molecule has 1 fully saturated rings. The molecular formula is C15H20BrNO2. The second-order valence-electron chi connectivity index (χ2n) is 5.03. The van der Waals surface area contributed by atoms with Crippen molar-refractivity contribution in [3.63, 3.8) is 0 Å². The summed E-state index contributed by atoms with van der Waals surface area (Å²) in [5, 5.41) is 3.35. The van der Waals surface area contributed by atoms with E-state index in [9.17, 15) is 4.79 Å². The third-order valence-corrected chi connectivity index (χ3v) is 4.07. The average Bonchev–Trinajstić information content (AvgIpc) is 2.90. The highest BCUT2D eigenvalue weighted by molar-refractivity contribution is 9.10. The average molecular weight is 326 g/mol. The van der Waals surface area contributed by atoms with E-state index < -0.39 is 0 Å². The van der Waals surface area contributed by atoms with Crippen molar-refractivity contribution >= 4 is 21.7 Å². The quantitative estimate of drug-likeness (QED) is 0.873. The summed E-state index contributed by atoms with van der Waals surface area (Å²) in [4.78, 5) is 12.0. The summed E-state index contributed by atoms with van der Waals surface area (Å²) in [5.41, 5.74) is 0.940. The Morgan fingerprint density at radius 3 is 2.84 bits per heavy atom. The highest BCUT2D eigenvalue weighted by Gasteiger charge is 2.16. The fourth-order valence-electron chi connectivity index (χ4n) is 2.55. The van der Waals surface area contributed by atoms with Gasteiger partial charge in [-0.2, -0.15) is 0 Å². The molecule has 4 heteroatoms. The summed E-state index contributed by atoms with van der Waals surface area (Å²) in [6.45, 7) is 0.459. The van der Waals surface area contributed by atoms with Crippen LogP contribution < -0.4 is 10.1 Å². The molecule has 1 aromatic carbocycles. The number of ether oxygens (including phenoxy) is 1. The van der Waals surface area contributed by atoms with Gasteiger partial charge in [0, 0.05) is 22.5 Å². The number of carbonyl (C=O) groups is 1. The van der Waals surface area contributed by atoms with Gasteiger partial charge >= 0.3 is 0 Å². The van der Waals surface area contributed by atoms with Gasteiger partial charge in [-0.25, -0.2) is 0 Å². The Labute approximate surface area is 122 Å². The summed E-state index contributed by atoms with van der Waals surface area (Å²) < 4.78 is 6.26. The standard InChI is InChI=1S/C15H20BrNO2/c1-19-15-7-6-12(16)8-11(15)9-14(18)10-17-13-4-2-3-5-13/h6-8,13,17H,2-5,9-10H2,1H3. The summed E-state index contributed by atoms with van der Waals surface area (Å²) in [6, 6.07) is 6.29. The fourth-order valence-corrected chi connectivity index (χ4v) is 2.96. The van der Waals surface area contributed by atoms with Crippen molar-refractivity contribution in [2.45, 2.75) is 38.1 Å². The van der Waals surface area contributed by atoms with E-state index in [1.54, 1.807) is 7.11 Å². The van der Waals surface area contributed by atoms with Crippen molar-refractivity contribution in [3.05, 3.63) is 28.2 Å². The molecule has 0 radical (unpaired) electrons. The van der Waals surface area contributed by atoms with Crippen LogP contribution in [0.4, 0.5) is 0 Å². The summed E-state index contributed by atoms with van der Waals surface area (Å²) in [7, 11) is 1.63. The van der Waals surface area contributed by atoms with Gasteiger partial charge in [-0.3, -0.25) is 4.79 Å². The van der Waals surface area contributed by atoms with Gasteiger partial charge in [-0.1, -0.05) is 28.8 Å². The Hall–Kier alpha value is -0.870. The molecule has 1 aromatic rings. The van der Waals surface area contributed by atoms with Crippen LogP contribution in [0.15, 0.2) is 22.7 Å². The van der Waals surface area contributed by atoms with Crippen molar-refractivity contribution in [3.8, 4) is 5.75 Å². The van der Waals surface area contributed by atoms with E-state index in [0.29, 0.717) is 19.0 Å². The van der Waals surface area contributed by atoms with Crippen LogP contribution in [0.5, 0.6) is 5.75 Å². The lowest BCUT2D eigenvalue weighted by atomic mass is 10.1. The minimum atomic E-state index is 0.211. The fraction of sp³-hybridized carbons (Fsp3) is 0.533. The maximum absolute atomic E-state index is 12.0. The minimum absolute atomic E-state index is 0.211. The van der Waals surface area contributed by atoms with E-state index in [1.165, 1.54) is 25.7 Å². The smallest absolute Gasteiger partial charge is 0.151 e. The molecule has 1 saturated carbocycles. The Kier molecular flexibility index (Phi) is 5.40.